The second kappa shape index (κ2) is 10.5. The number of hydrogen-bond acceptors (Lipinski definition) is 7. The summed E-state index contributed by atoms with van der Waals surface area (Å²) in [6, 6.07) is 0. The number of nitrogens with one attached hydrogen (secondary N) is 2. The van der Waals surface area contributed by atoms with E-state index in [-0.39, 0.29) is 25.0 Å². The molecule has 2 aromatic heterocycles. The summed E-state index contributed by atoms with van der Waals surface area (Å²) < 4.78 is 19.5. The molecule has 10 heteroatoms. The van der Waals surface area contributed by atoms with E-state index in [1.54, 1.807) is 20.0 Å². The van der Waals surface area contributed by atoms with Crippen LogP contribution in [0.2, 0.25) is 0 Å². The third-order valence-corrected chi connectivity index (χ3v) is 4.90. The van der Waals surface area contributed by atoms with Gasteiger partial charge in [0.05, 0.1) is 24.9 Å². The molecule has 3 heterocycles. The van der Waals surface area contributed by atoms with Crippen molar-refractivity contribution in [2.75, 3.05) is 31.5 Å². The number of carbonyl (C=O) groups excluding carboxylic acids is 1. The van der Waals surface area contributed by atoms with Crippen molar-refractivity contribution in [1.82, 2.24) is 19.9 Å². The van der Waals surface area contributed by atoms with E-state index in [2.05, 4.69) is 38.3 Å². The van der Waals surface area contributed by atoms with Crippen LogP contribution in [0.4, 0.5) is 15.0 Å². The van der Waals surface area contributed by atoms with Crippen LogP contribution in [0.1, 0.15) is 34.1 Å². The van der Waals surface area contributed by atoms with Gasteiger partial charge in [-0.3, -0.25) is 4.99 Å². The molecular weight excluding hydrogens is 415 g/mol. The Morgan fingerprint density at radius 1 is 1.47 bits per heavy atom. The molecule has 2 unspecified atom stereocenters. The lowest BCUT2D eigenvalue weighted by molar-refractivity contribution is 0.0581. The molecule has 0 saturated heterocycles. The van der Waals surface area contributed by atoms with Crippen LogP contribution in [0.25, 0.3) is 17.5 Å². The minimum Gasteiger partial charge on any atom is -0.447 e. The predicted octanol–water partition coefficient (Wildman–Crippen LogP) is 1.69. The molecule has 32 heavy (non-hydrogen) atoms. The summed E-state index contributed by atoms with van der Waals surface area (Å²) in [7, 11) is 0. The summed E-state index contributed by atoms with van der Waals surface area (Å²) in [6.45, 7) is 8.77. The molecule has 0 aromatic carbocycles. The van der Waals surface area contributed by atoms with E-state index < -0.39 is 18.0 Å². The van der Waals surface area contributed by atoms with Crippen LogP contribution in [0.5, 0.6) is 0 Å². The fraction of sp³-hybridized carbons (Fsp3) is 0.545. The second-order valence-electron chi connectivity index (χ2n) is 8.25. The number of aliphatic hydroxyl groups excluding tert-OH is 1. The highest BCUT2D eigenvalue weighted by Crippen LogP contribution is 2.16. The van der Waals surface area contributed by atoms with E-state index >= 15 is 0 Å². The van der Waals surface area contributed by atoms with Gasteiger partial charge in [0.2, 0.25) is 0 Å². The molecule has 1 aliphatic heterocycles. The first-order chi connectivity index (χ1) is 15.3. The van der Waals surface area contributed by atoms with Gasteiger partial charge in [-0.1, -0.05) is 19.9 Å². The number of ether oxygens (including phenoxy) is 1. The number of aromatic nitrogens is 3. The van der Waals surface area contributed by atoms with Gasteiger partial charge in [-0.25, -0.2) is 19.2 Å². The number of halogens is 1. The van der Waals surface area contributed by atoms with E-state index in [9.17, 15) is 14.3 Å². The van der Waals surface area contributed by atoms with Crippen molar-refractivity contribution in [2.24, 2.45) is 10.9 Å². The number of fused-ring (bicyclic) bond motifs is 1. The number of aromatic amines is 1. The van der Waals surface area contributed by atoms with E-state index in [4.69, 9.17) is 4.74 Å². The highest BCUT2D eigenvalue weighted by molar-refractivity contribution is 5.67. The number of carbonyl (C=O) groups is 1. The zero-order valence-electron chi connectivity index (χ0n) is 18.9. The molecule has 0 saturated carbocycles. The van der Waals surface area contributed by atoms with Crippen LogP contribution in [0.3, 0.4) is 0 Å². The van der Waals surface area contributed by atoms with Crippen molar-refractivity contribution in [3.05, 3.63) is 28.9 Å². The van der Waals surface area contributed by atoms with Crippen molar-refractivity contribution in [2.45, 2.75) is 46.3 Å². The van der Waals surface area contributed by atoms with Gasteiger partial charge in [-0.15, -0.1) is 0 Å². The third kappa shape index (κ3) is 5.82. The SMILES string of the molecule is CCCN(CC(O)CNc1nc(-c2c[nH]c3c2=CC(C)CN=3)ncc1F)C(=O)OC(C)C. The first kappa shape index (κ1) is 23.6. The standard InChI is InChI=1S/C22H31FN6O3/c1-5-6-29(22(31)32-13(2)3)12-15(30)9-25-21-18(23)11-27-20(28-21)17-10-26-19-16(17)7-14(4)8-24-19/h7,10-11,13-15,30H,5-6,8-9,12H2,1-4H3,(H,24,26)(H,25,27,28). The molecule has 3 rings (SSSR count). The average Bonchev–Trinajstić information content (AvgIpc) is 3.15. The van der Waals surface area contributed by atoms with Gasteiger partial charge in [-0.2, -0.15) is 0 Å². The topological polar surface area (TPSA) is 116 Å². The van der Waals surface area contributed by atoms with Crippen molar-refractivity contribution in [1.29, 1.82) is 0 Å². The van der Waals surface area contributed by atoms with Crippen LogP contribution in [-0.4, -0.2) is 69.4 Å². The number of rotatable bonds is 9. The molecule has 9 nitrogen and oxygen atoms in total. The van der Waals surface area contributed by atoms with Crippen molar-refractivity contribution < 1.29 is 19.0 Å². The lowest BCUT2D eigenvalue weighted by Crippen LogP contribution is -2.41. The number of amides is 1. The quantitative estimate of drug-likeness (QED) is 0.540. The Labute approximate surface area is 186 Å². The average molecular weight is 447 g/mol. The Balaban J connectivity index is 1.70. The minimum absolute atomic E-state index is 0.00623. The van der Waals surface area contributed by atoms with Crippen LogP contribution < -0.4 is 16.0 Å². The molecule has 174 valence electrons. The smallest absolute Gasteiger partial charge is 0.410 e. The zero-order chi connectivity index (χ0) is 23.3. The second-order valence-corrected chi connectivity index (χ2v) is 8.25. The molecule has 0 bridgehead atoms. The maximum Gasteiger partial charge on any atom is 0.410 e. The summed E-state index contributed by atoms with van der Waals surface area (Å²) in [4.78, 5) is 29.7. The largest absolute Gasteiger partial charge is 0.447 e. The van der Waals surface area contributed by atoms with Crippen molar-refractivity contribution in [3.63, 3.8) is 0 Å². The van der Waals surface area contributed by atoms with E-state index in [0.29, 0.717) is 24.8 Å². The van der Waals surface area contributed by atoms with E-state index in [1.165, 1.54) is 4.90 Å². The first-order valence-electron chi connectivity index (χ1n) is 10.9. The lowest BCUT2D eigenvalue weighted by atomic mass is 10.1. The number of hydrogen-bond donors (Lipinski definition) is 3. The molecule has 0 aliphatic carbocycles. The first-order valence-corrected chi connectivity index (χ1v) is 10.9. The molecule has 1 amide bonds. The maximum absolute atomic E-state index is 14.3. The summed E-state index contributed by atoms with van der Waals surface area (Å²) in [5, 5.41) is 14.2. The van der Waals surface area contributed by atoms with Crippen LogP contribution in [0, 0.1) is 11.7 Å². The number of aliphatic hydroxyl groups is 1. The van der Waals surface area contributed by atoms with Crippen LogP contribution in [0.15, 0.2) is 17.4 Å². The van der Waals surface area contributed by atoms with Gasteiger partial charge in [0.25, 0.3) is 0 Å². The van der Waals surface area contributed by atoms with Gasteiger partial charge < -0.3 is 25.0 Å². The molecule has 2 aromatic rings. The monoisotopic (exact) mass is 446 g/mol. The Morgan fingerprint density at radius 2 is 2.25 bits per heavy atom. The van der Waals surface area contributed by atoms with Gasteiger partial charge in [0.15, 0.2) is 17.5 Å². The van der Waals surface area contributed by atoms with Crippen LogP contribution in [-0.2, 0) is 4.74 Å². The highest BCUT2D eigenvalue weighted by Gasteiger charge is 2.20. The Hall–Kier alpha value is -3.01. The predicted molar refractivity (Wildman–Crippen MR) is 119 cm³/mol. The molecule has 3 N–H and O–H groups in total. The van der Waals surface area contributed by atoms with Crippen molar-refractivity contribution in [3.8, 4) is 11.4 Å². The molecular formula is C22H31FN6O3. The number of H-pyrrole nitrogens is 1. The van der Waals surface area contributed by atoms with E-state index in [1.807, 2.05) is 6.92 Å². The lowest BCUT2D eigenvalue weighted by Gasteiger charge is -2.25. The minimum atomic E-state index is -0.938. The van der Waals surface area contributed by atoms with Gasteiger partial charge in [0.1, 0.15) is 5.49 Å². The summed E-state index contributed by atoms with van der Waals surface area (Å²) in [5.41, 5.74) is 1.50. The molecule has 0 fully saturated rings. The van der Waals surface area contributed by atoms with Crippen LogP contribution >= 0.6 is 0 Å². The maximum atomic E-state index is 14.3. The zero-order valence-corrected chi connectivity index (χ0v) is 18.9. The van der Waals surface area contributed by atoms with E-state index in [0.717, 1.165) is 28.9 Å². The normalized spacial score (nSPS) is 16.0. The Morgan fingerprint density at radius 3 is 2.97 bits per heavy atom. The molecule has 0 radical (unpaired) electrons. The summed E-state index contributed by atoms with van der Waals surface area (Å²) in [6.07, 6.45) is 4.01. The van der Waals surface area contributed by atoms with Gasteiger partial charge in [0, 0.05) is 36.6 Å². The number of anilines is 1. The summed E-state index contributed by atoms with van der Waals surface area (Å²) in [5.74, 6) is 0.00173. The Bertz CT molecular complexity index is 1050. The number of nitrogens with zero attached hydrogens (tertiary/aromatic N) is 4. The highest BCUT2D eigenvalue weighted by atomic mass is 19.1. The third-order valence-electron chi connectivity index (χ3n) is 4.90. The van der Waals surface area contributed by atoms with Gasteiger partial charge in [-0.05, 0) is 26.2 Å². The van der Waals surface area contributed by atoms with Crippen molar-refractivity contribution >= 4 is 18.0 Å². The molecule has 2 atom stereocenters. The molecule has 1 aliphatic rings. The fourth-order valence-electron chi connectivity index (χ4n) is 3.44. The molecule has 0 spiro atoms. The van der Waals surface area contributed by atoms with Gasteiger partial charge >= 0.3 is 6.09 Å². The summed E-state index contributed by atoms with van der Waals surface area (Å²) >= 11 is 0. The fourth-order valence-corrected chi connectivity index (χ4v) is 3.44. The Kier molecular flexibility index (Phi) is 7.79.